The van der Waals surface area contributed by atoms with Crippen molar-refractivity contribution in [1.82, 2.24) is 4.90 Å². The van der Waals surface area contributed by atoms with Gasteiger partial charge in [0.1, 0.15) is 19.4 Å². The van der Waals surface area contributed by atoms with E-state index in [1.165, 1.54) is 0 Å². The molecule has 124 valence electrons. The molecule has 0 rings (SSSR count). The Bertz CT molecular complexity index is 415. The van der Waals surface area contributed by atoms with Crippen molar-refractivity contribution in [2.24, 2.45) is 0 Å². The first-order valence-electron chi connectivity index (χ1n) is 4.87. The number of rotatable bonds is 8. The molecule has 21 heavy (non-hydrogen) atoms. The van der Waals surface area contributed by atoms with Crippen molar-refractivity contribution in [3.05, 3.63) is 0 Å². The first kappa shape index (κ1) is 20.8. The Morgan fingerprint density at radius 2 is 1.71 bits per heavy atom. The number of hydrogen-bond donors (Lipinski definition) is 0. The molecule has 0 spiro atoms. The summed E-state index contributed by atoms with van der Waals surface area (Å²) in [6, 6.07) is 0. The number of alkyl halides is 4. The van der Waals surface area contributed by atoms with Crippen molar-refractivity contribution < 1.29 is 40.2 Å². The third-order valence-electron chi connectivity index (χ3n) is 1.74. The van der Waals surface area contributed by atoms with E-state index in [1.807, 2.05) is 0 Å². The number of carbonyl (C=O) groups excluding carboxylic acids is 2. The molecule has 0 aliphatic rings. The van der Waals surface area contributed by atoms with Crippen LogP contribution in [0, 0.1) is 0 Å². The summed E-state index contributed by atoms with van der Waals surface area (Å²) in [5.41, 5.74) is 0. The van der Waals surface area contributed by atoms with Crippen LogP contribution >= 0.6 is 42.9 Å². The van der Waals surface area contributed by atoms with Crippen molar-refractivity contribution in [1.29, 1.82) is 0 Å². The van der Waals surface area contributed by atoms with Crippen LogP contribution in [0.15, 0.2) is 0 Å². The van der Waals surface area contributed by atoms with Crippen LogP contribution in [0.4, 0.5) is 13.2 Å². The van der Waals surface area contributed by atoms with Crippen LogP contribution in [0.25, 0.3) is 0 Å². The highest BCUT2D eigenvalue weighted by Gasteiger charge is 2.46. The van der Waals surface area contributed by atoms with Crippen LogP contribution in [0.5, 0.6) is 0 Å². The maximum absolute atomic E-state index is 12.4. The van der Waals surface area contributed by atoms with Crippen molar-refractivity contribution in [3.63, 3.8) is 0 Å². The van der Waals surface area contributed by atoms with Gasteiger partial charge in [-0.3, -0.25) is 14.2 Å². The lowest BCUT2D eigenvalue weighted by Gasteiger charge is -2.24. The van der Waals surface area contributed by atoms with Gasteiger partial charge in [-0.1, -0.05) is 0 Å². The average Bonchev–Trinajstić information content (AvgIpc) is 2.42. The third-order valence-corrected chi connectivity index (χ3v) is 4.27. The summed E-state index contributed by atoms with van der Waals surface area (Å²) in [7, 11) is -4.44. The molecule has 0 saturated heterocycles. The van der Waals surface area contributed by atoms with Gasteiger partial charge in [-0.15, -0.1) is 11.6 Å². The van der Waals surface area contributed by atoms with Crippen LogP contribution in [0.1, 0.15) is 0 Å². The largest absolute Gasteiger partial charge is 0.471 e. The number of esters is 1. The van der Waals surface area contributed by atoms with Crippen LogP contribution in [-0.4, -0.2) is 48.3 Å². The lowest BCUT2D eigenvalue weighted by Crippen LogP contribution is -2.44. The number of hydrogen-bond acceptors (Lipinski definition) is 6. The molecule has 0 aromatic heterocycles. The number of carbonyl (C=O) groups is 2. The van der Waals surface area contributed by atoms with E-state index in [0.29, 0.717) is 0 Å². The maximum Gasteiger partial charge on any atom is 0.471 e. The fraction of sp³-hybridized carbons (Fsp3) is 0.714. The molecule has 0 fully saturated rings. The summed E-state index contributed by atoms with van der Waals surface area (Å²) in [5.74, 6) is -3.80. The van der Waals surface area contributed by atoms with E-state index in [1.54, 1.807) is 0 Å². The van der Waals surface area contributed by atoms with E-state index in [0.717, 1.165) is 0 Å². The molecule has 0 atom stereocenters. The Labute approximate surface area is 132 Å². The minimum atomic E-state index is -5.34. The topological polar surface area (TPSA) is 82.1 Å². The Balaban J connectivity index is 5.07. The summed E-state index contributed by atoms with van der Waals surface area (Å²) < 4.78 is 60.7. The SMILES string of the molecule is O=C(CN(CP(=O)(OCl)OCl)C(=O)C(F)(F)F)OCCCl. The normalized spacial score (nSPS) is 12.1. The monoisotopic (exact) mass is 395 g/mol. The minimum absolute atomic E-state index is 0.104. The molecule has 0 heterocycles. The second-order valence-electron chi connectivity index (χ2n) is 3.30. The minimum Gasteiger partial charge on any atom is -0.463 e. The van der Waals surface area contributed by atoms with Crippen LogP contribution in [-0.2, 0) is 27.0 Å². The molecule has 0 radical (unpaired) electrons. The first-order chi connectivity index (χ1) is 9.59. The number of ether oxygens (including phenoxy) is 1. The van der Waals surface area contributed by atoms with E-state index < -0.39 is 38.5 Å². The van der Waals surface area contributed by atoms with Crippen molar-refractivity contribution in [2.75, 3.05) is 25.3 Å². The Hall–Kier alpha value is -0.250. The first-order valence-corrected chi connectivity index (χ1v) is 7.75. The standard InChI is InChI=1S/C7H8Cl3F3NO6P/c8-1-2-18-5(15)3-14(6(16)7(11,12)13)4-21(17,19-9)20-10/h1-4H2. The molecule has 0 saturated carbocycles. The third kappa shape index (κ3) is 7.53. The van der Waals surface area contributed by atoms with Crippen molar-refractivity contribution >= 4 is 54.8 Å². The highest BCUT2D eigenvalue weighted by molar-refractivity contribution is 7.55. The van der Waals surface area contributed by atoms with Gasteiger partial charge in [0, 0.05) is 0 Å². The van der Waals surface area contributed by atoms with E-state index in [9.17, 15) is 27.3 Å². The predicted octanol–water partition coefficient (Wildman–Crippen LogP) is 2.65. The highest BCUT2D eigenvalue weighted by Crippen LogP contribution is 2.51. The highest BCUT2D eigenvalue weighted by atomic mass is 35.5. The van der Waals surface area contributed by atoms with Crippen LogP contribution < -0.4 is 0 Å². The van der Waals surface area contributed by atoms with E-state index >= 15 is 0 Å². The molecule has 0 aliphatic carbocycles. The predicted molar refractivity (Wildman–Crippen MR) is 65.8 cm³/mol. The maximum atomic E-state index is 12.4. The lowest BCUT2D eigenvalue weighted by molar-refractivity contribution is -0.186. The van der Waals surface area contributed by atoms with Gasteiger partial charge in [0.15, 0.2) is 0 Å². The zero-order chi connectivity index (χ0) is 16.7. The molecule has 0 N–H and O–H groups in total. The number of amides is 1. The van der Waals surface area contributed by atoms with Gasteiger partial charge in [-0.2, -0.15) is 21.3 Å². The molecular formula is C7H8Cl3F3NO6P. The fourth-order valence-corrected chi connectivity index (χ4v) is 2.33. The van der Waals surface area contributed by atoms with Crippen LogP contribution in [0.2, 0.25) is 0 Å². The zero-order valence-electron chi connectivity index (χ0n) is 9.94. The summed E-state index contributed by atoms with van der Waals surface area (Å²) in [4.78, 5) is 22.2. The summed E-state index contributed by atoms with van der Waals surface area (Å²) in [5, 5.41) is 0. The lowest BCUT2D eigenvalue weighted by atomic mass is 10.5. The molecule has 0 aromatic rings. The van der Waals surface area contributed by atoms with Gasteiger partial charge in [-0.05, 0) is 0 Å². The van der Waals surface area contributed by atoms with E-state index in [2.05, 4.69) is 12.9 Å². The molecule has 0 unspecified atom stereocenters. The van der Waals surface area contributed by atoms with E-state index in [-0.39, 0.29) is 17.4 Å². The van der Waals surface area contributed by atoms with Gasteiger partial charge < -0.3 is 9.64 Å². The second kappa shape index (κ2) is 9.02. The smallest absolute Gasteiger partial charge is 0.463 e. The van der Waals surface area contributed by atoms with E-state index in [4.69, 9.17) is 35.3 Å². The average molecular weight is 396 g/mol. The fourth-order valence-electron chi connectivity index (χ4n) is 0.983. The summed E-state index contributed by atoms with van der Waals surface area (Å²) in [6.07, 6.45) is -6.65. The molecule has 1 amide bonds. The molecule has 7 nitrogen and oxygen atoms in total. The molecule has 0 aliphatic heterocycles. The Morgan fingerprint density at radius 1 is 1.19 bits per heavy atom. The second-order valence-corrected chi connectivity index (χ2v) is 6.29. The van der Waals surface area contributed by atoms with Crippen LogP contribution in [0.3, 0.4) is 0 Å². The summed E-state index contributed by atoms with van der Waals surface area (Å²) >= 11 is 14.7. The molecule has 0 bridgehead atoms. The van der Waals surface area contributed by atoms with Gasteiger partial charge in [-0.25, -0.2) is 0 Å². The Kier molecular flexibility index (Phi) is 8.91. The van der Waals surface area contributed by atoms with Gasteiger partial charge in [0.05, 0.1) is 29.6 Å². The quantitative estimate of drug-likeness (QED) is 0.356. The number of nitrogens with zero attached hydrogens (tertiary/aromatic N) is 1. The van der Waals surface area contributed by atoms with Gasteiger partial charge >= 0.3 is 25.6 Å². The van der Waals surface area contributed by atoms with Gasteiger partial charge in [0.25, 0.3) is 0 Å². The Morgan fingerprint density at radius 3 is 2.10 bits per heavy atom. The van der Waals surface area contributed by atoms with Crippen molar-refractivity contribution in [2.45, 2.75) is 6.18 Å². The molecular weight excluding hydrogens is 388 g/mol. The zero-order valence-corrected chi connectivity index (χ0v) is 13.1. The van der Waals surface area contributed by atoms with Gasteiger partial charge in [0.2, 0.25) is 0 Å². The number of halogens is 6. The molecule has 14 heteroatoms. The molecule has 0 aromatic carbocycles. The summed E-state index contributed by atoms with van der Waals surface area (Å²) in [6.45, 7) is -1.47. The van der Waals surface area contributed by atoms with Crippen molar-refractivity contribution in [3.8, 4) is 0 Å².